The van der Waals surface area contributed by atoms with Gasteiger partial charge in [-0.15, -0.1) is 0 Å². The molecule has 0 aliphatic carbocycles. The number of carbonyl (C=O) groups is 1. The zero-order valence-electron chi connectivity index (χ0n) is 12.3. The average Bonchev–Trinajstić information content (AvgIpc) is 3.04. The van der Waals surface area contributed by atoms with Crippen LogP contribution in [0.3, 0.4) is 0 Å². The Hall–Kier alpha value is -1.81. The van der Waals surface area contributed by atoms with Gasteiger partial charge in [0.15, 0.2) is 5.78 Å². The van der Waals surface area contributed by atoms with Crippen molar-refractivity contribution in [1.82, 2.24) is 0 Å². The maximum absolute atomic E-state index is 12.2. The third kappa shape index (κ3) is 3.64. The maximum atomic E-state index is 12.2. The predicted octanol–water partition coefficient (Wildman–Crippen LogP) is 6.91. The van der Waals surface area contributed by atoms with E-state index in [-0.39, 0.29) is 5.78 Å². The number of carbonyl (C=O) groups excluding carboxylic acids is 1. The van der Waals surface area contributed by atoms with Crippen molar-refractivity contribution in [1.29, 1.82) is 0 Å². The fourth-order valence-corrected chi connectivity index (χ4v) is 3.06. The molecule has 120 valence electrons. The summed E-state index contributed by atoms with van der Waals surface area (Å²) in [6, 6.07) is 16.2. The number of furan rings is 1. The topological polar surface area (TPSA) is 30.2 Å². The molecular formula is C19H11BrCl2O2. The average molecular weight is 422 g/mol. The van der Waals surface area contributed by atoms with Crippen LogP contribution in [0.15, 0.2) is 69.6 Å². The second-order valence-corrected chi connectivity index (χ2v) is 6.62. The zero-order valence-corrected chi connectivity index (χ0v) is 15.4. The monoisotopic (exact) mass is 420 g/mol. The number of benzene rings is 2. The van der Waals surface area contributed by atoms with Gasteiger partial charge in [0.25, 0.3) is 0 Å². The molecule has 5 heteroatoms. The lowest BCUT2D eigenvalue weighted by atomic mass is 10.1. The number of hydrogen-bond donors (Lipinski definition) is 0. The predicted molar refractivity (Wildman–Crippen MR) is 102 cm³/mol. The molecule has 2 aromatic carbocycles. The quantitative estimate of drug-likeness (QED) is 0.338. The number of halogens is 3. The standard InChI is InChI=1S/C19H11BrCl2O2/c20-15-6-2-1-4-13(15)17(23)10-8-12-9-11-18(24-12)14-5-3-7-16(21)19(14)22/h1-11H. The Bertz CT molecular complexity index is 929. The highest BCUT2D eigenvalue weighted by Crippen LogP contribution is 2.34. The van der Waals surface area contributed by atoms with Crippen LogP contribution in [-0.4, -0.2) is 5.78 Å². The molecule has 0 saturated carbocycles. The van der Waals surface area contributed by atoms with E-state index in [1.54, 1.807) is 36.4 Å². The van der Waals surface area contributed by atoms with Gasteiger partial charge in [0.1, 0.15) is 11.5 Å². The molecule has 3 rings (SSSR count). The molecule has 1 aromatic heterocycles. The Morgan fingerprint density at radius 1 is 1.00 bits per heavy atom. The zero-order chi connectivity index (χ0) is 17.1. The Morgan fingerprint density at radius 2 is 1.79 bits per heavy atom. The molecule has 2 nitrogen and oxygen atoms in total. The Kier molecular flexibility index (Phi) is 5.24. The van der Waals surface area contributed by atoms with E-state index in [0.29, 0.717) is 32.7 Å². The Balaban J connectivity index is 1.83. The molecule has 0 N–H and O–H groups in total. The first-order chi connectivity index (χ1) is 11.6. The fourth-order valence-electron chi connectivity index (χ4n) is 2.19. The molecule has 0 amide bonds. The molecule has 0 spiro atoms. The van der Waals surface area contributed by atoms with Crippen LogP contribution < -0.4 is 0 Å². The first-order valence-corrected chi connectivity index (χ1v) is 8.62. The lowest BCUT2D eigenvalue weighted by molar-refractivity contribution is 0.104. The number of hydrogen-bond acceptors (Lipinski definition) is 2. The molecule has 0 saturated heterocycles. The van der Waals surface area contributed by atoms with Crippen molar-refractivity contribution in [3.63, 3.8) is 0 Å². The van der Waals surface area contributed by atoms with Gasteiger partial charge in [-0.1, -0.05) is 57.3 Å². The number of ketones is 1. The van der Waals surface area contributed by atoms with Crippen LogP contribution in [0.4, 0.5) is 0 Å². The molecular weight excluding hydrogens is 411 g/mol. The van der Waals surface area contributed by atoms with Gasteiger partial charge >= 0.3 is 0 Å². The van der Waals surface area contributed by atoms with Crippen molar-refractivity contribution >= 4 is 51.0 Å². The Labute approximate surface area is 157 Å². The van der Waals surface area contributed by atoms with Crippen LogP contribution in [0, 0.1) is 0 Å². The molecule has 24 heavy (non-hydrogen) atoms. The van der Waals surface area contributed by atoms with E-state index in [1.807, 2.05) is 24.3 Å². The van der Waals surface area contributed by atoms with Gasteiger partial charge in [0.05, 0.1) is 10.0 Å². The van der Waals surface area contributed by atoms with Gasteiger partial charge in [-0.25, -0.2) is 0 Å². The van der Waals surface area contributed by atoms with Crippen LogP contribution in [0.5, 0.6) is 0 Å². The minimum Gasteiger partial charge on any atom is -0.457 e. The number of allylic oxidation sites excluding steroid dienone is 1. The van der Waals surface area contributed by atoms with E-state index in [1.165, 1.54) is 6.08 Å². The molecule has 0 unspecified atom stereocenters. The van der Waals surface area contributed by atoms with E-state index in [2.05, 4.69) is 15.9 Å². The molecule has 0 aliphatic heterocycles. The van der Waals surface area contributed by atoms with E-state index < -0.39 is 0 Å². The lowest BCUT2D eigenvalue weighted by Gasteiger charge is -2.02. The van der Waals surface area contributed by atoms with Crippen molar-refractivity contribution in [2.24, 2.45) is 0 Å². The summed E-state index contributed by atoms with van der Waals surface area (Å²) < 4.78 is 6.48. The van der Waals surface area contributed by atoms with Crippen molar-refractivity contribution in [2.75, 3.05) is 0 Å². The second-order valence-electron chi connectivity index (χ2n) is 4.98. The summed E-state index contributed by atoms with van der Waals surface area (Å²) >= 11 is 15.6. The van der Waals surface area contributed by atoms with Crippen LogP contribution in [-0.2, 0) is 0 Å². The van der Waals surface area contributed by atoms with Crippen molar-refractivity contribution in [2.45, 2.75) is 0 Å². The smallest absolute Gasteiger partial charge is 0.187 e. The molecule has 0 aliphatic rings. The summed E-state index contributed by atoms with van der Waals surface area (Å²) in [5.41, 5.74) is 1.30. The summed E-state index contributed by atoms with van der Waals surface area (Å²) in [5, 5.41) is 0.903. The molecule has 1 heterocycles. The SMILES string of the molecule is O=C(C=Cc1ccc(-c2cccc(Cl)c2Cl)o1)c1ccccc1Br. The first-order valence-electron chi connectivity index (χ1n) is 7.07. The van der Waals surface area contributed by atoms with Gasteiger partial charge in [0.2, 0.25) is 0 Å². The summed E-state index contributed by atoms with van der Waals surface area (Å²) in [6.07, 6.45) is 3.10. The first kappa shape index (κ1) is 17.0. The van der Waals surface area contributed by atoms with Gasteiger partial charge < -0.3 is 4.42 Å². The van der Waals surface area contributed by atoms with E-state index in [9.17, 15) is 4.79 Å². The van der Waals surface area contributed by atoms with Gasteiger partial charge in [-0.2, -0.15) is 0 Å². The summed E-state index contributed by atoms with van der Waals surface area (Å²) in [4.78, 5) is 12.2. The van der Waals surface area contributed by atoms with Gasteiger partial charge in [0, 0.05) is 15.6 Å². The number of rotatable bonds is 4. The minimum atomic E-state index is -0.110. The highest BCUT2D eigenvalue weighted by Gasteiger charge is 2.11. The van der Waals surface area contributed by atoms with E-state index in [4.69, 9.17) is 27.6 Å². The Morgan fingerprint density at radius 3 is 2.58 bits per heavy atom. The highest BCUT2D eigenvalue weighted by molar-refractivity contribution is 9.10. The lowest BCUT2D eigenvalue weighted by Crippen LogP contribution is -1.94. The van der Waals surface area contributed by atoms with Gasteiger partial charge in [-0.05, 0) is 48.6 Å². The summed E-state index contributed by atoms with van der Waals surface area (Å²) in [6.45, 7) is 0. The molecule has 0 radical (unpaired) electrons. The molecule has 0 bridgehead atoms. The maximum Gasteiger partial charge on any atom is 0.187 e. The van der Waals surface area contributed by atoms with Crippen molar-refractivity contribution < 1.29 is 9.21 Å². The van der Waals surface area contributed by atoms with Crippen molar-refractivity contribution in [3.8, 4) is 11.3 Å². The summed E-state index contributed by atoms with van der Waals surface area (Å²) in [5.74, 6) is 1.04. The molecule has 3 aromatic rings. The largest absolute Gasteiger partial charge is 0.457 e. The van der Waals surface area contributed by atoms with Gasteiger partial charge in [-0.3, -0.25) is 4.79 Å². The highest BCUT2D eigenvalue weighted by atomic mass is 79.9. The van der Waals surface area contributed by atoms with Crippen molar-refractivity contribution in [3.05, 3.63) is 86.5 Å². The normalized spacial score (nSPS) is 11.1. The third-order valence-electron chi connectivity index (χ3n) is 3.38. The molecule has 0 atom stereocenters. The van der Waals surface area contributed by atoms with E-state index in [0.717, 1.165) is 4.47 Å². The second kappa shape index (κ2) is 7.39. The van der Waals surface area contributed by atoms with Crippen LogP contribution in [0.25, 0.3) is 17.4 Å². The minimum absolute atomic E-state index is 0.110. The van der Waals surface area contributed by atoms with Crippen LogP contribution in [0.1, 0.15) is 16.1 Å². The fraction of sp³-hybridized carbons (Fsp3) is 0. The molecule has 0 fully saturated rings. The third-order valence-corrected chi connectivity index (χ3v) is 4.89. The van der Waals surface area contributed by atoms with Crippen LogP contribution >= 0.6 is 39.1 Å². The van der Waals surface area contributed by atoms with E-state index >= 15 is 0 Å². The summed E-state index contributed by atoms with van der Waals surface area (Å²) in [7, 11) is 0. The van der Waals surface area contributed by atoms with Crippen LogP contribution in [0.2, 0.25) is 10.0 Å².